The lowest BCUT2D eigenvalue weighted by molar-refractivity contribution is 0.417. The van der Waals surface area contributed by atoms with Gasteiger partial charge in [0.1, 0.15) is 11.5 Å². The van der Waals surface area contributed by atoms with Crippen LogP contribution in [0.3, 0.4) is 0 Å². The number of aromatic hydroxyl groups is 2. The predicted molar refractivity (Wildman–Crippen MR) is 139 cm³/mol. The van der Waals surface area contributed by atoms with Crippen LogP contribution < -0.4 is 0 Å². The Kier molecular flexibility index (Phi) is 5.56. The van der Waals surface area contributed by atoms with Gasteiger partial charge in [0.25, 0.3) is 0 Å². The molecule has 1 fully saturated rings. The third-order valence-corrected chi connectivity index (χ3v) is 7.47. The van der Waals surface area contributed by atoms with E-state index in [1.165, 1.54) is 30.4 Å². The highest BCUT2D eigenvalue weighted by Gasteiger charge is 2.24. The van der Waals surface area contributed by atoms with Crippen molar-refractivity contribution < 1.29 is 10.2 Å². The molecule has 4 aromatic rings. The molecule has 5 rings (SSSR count). The molecule has 0 bridgehead atoms. The van der Waals surface area contributed by atoms with Crippen LogP contribution in [0.2, 0.25) is 0 Å². The van der Waals surface area contributed by atoms with E-state index >= 15 is 0 Å². The fraction of sp³-hybridized carbons (Fsp3) is 0.355. The van der Waals surface area contributed by atoms with E-state index in [1.807, 2.05) is 24.3 Å². The molecule has 0 unspecified atom stereocenters. The van der Waals surface area contributed by atoms with E-state index in [0.29, 0.717) is 17.4 Å². The van der Waals surface area contributed by atoms with E-state index in [4.69, 9.17) is 0 Å². The minimum absolute atomic E-state index is 0.160. The first-order chi connectivity index (χ1) is 15.8. The van der Waals surface area contributed by atoms with Gasteiger partial charge in [-0.25, -0.2) is 0 Å². The van der Waals surface area contributed by atoms with E-state index in [2.05, 4.69) is 57.2 Å². The highest BCUT2D eigenvalue weighted by Crippen LogP contribution is 2.43. The number of hydrogen-bond donors (Lipinski definition) is 2. The van der Waals surface area contributed by atoms with Gasteiger partial charge >= 0.3 is 0 Å². The molecule has 1 aliphatic rings. The zero-order valence-electron chi connectivity index (χ0n) is 20.0. The molecule has 0 aromatic heterocycles. The van der Waals surface area contributed by atoms with E-state index in [-0.39, 0.29) is 5.41 Å². The molecule has 2 nitrogen and oxygen atoms in total. The Labute approximate surface area is 196 Å². The summed E-state index contributed by atoms with van der Waals surface area (Å²) in [6.45, 7) is 6.45. The lowest BCUT2D eigenvalue weighted by Gasteiger charge is -2.25. The van der Waals surface area contributed by atoms with Gasteiger partial charge in [-0.1, -0.05) is 101 Å². The number of benzene rings is 4. The van der Waals surface area contributed by atoms with Gasteiger partial charge in [-0.2, -0.15) is 0 Å². The van der Waals surface area contributed by atoms with Gasteiger partial charge in [-0.15, -0.1) is 0 Å². The first-order valence-electron chi connectivity index (χ1n) is 12.3. The second-order valence-electron chi connectivity index (χ2n) is 10.8. The van der Waals surface area contributed by atoms with E-state index in [0.717, 1.165) is 51.9 Å². The van der Waals surface area contributed by atoms with Crippen LogP contribution in [-0.2, 0) is 11.8 Å². The number of phenolic OH excluding ortho intramolecular Hbond substituents is 2. The third-order valence-electron chi connectivity index (χ3n) is 7.47. The van der Waals surface area contributed by atoms with Crippen molar-refractivity contribution in [3.8, 4) is 11.5 Å². The molecule has 2 heteroatoms. The van der Waals surface area contributed by atoms with Gasteiger partial charge in [-0.3, -0.25) is 0 Å². The summed E-state index contributed by atoms with van der Waals surface area (Å²) in [6.07, 6.45) is 6.86. The minimum Gasteiger partial charge on any atom is -0.507 e. The summed E-state index contributed by atoms with van der Waals surface area (Å²) < 4.78 is 0. The second-order valence-corrected chi connectivity index (χ2v) is 10.8. The van der Waals surface area contributed by atoms with Gasteiger partial charge in [0.15, 0.2) is 0 Å². The van der Waals surface area contributed by atoms with Crippen LogP contribution in [0.15, 0.2) is 60.7 Å². The Morgan fingerprint density at radius 1 is 0.697 bits per heavy atom. The second kappa shape index (κ2) is 8.41. The van der Waals surface area contributed by atoms with Crippen LogP contribution in [0.5, 0.6) is 11.5 Å². The summed E-state index contributed by atoms with van der Waals surface area (Å²) in [5.74, 6) is 1.29. The van der Waals surface area contributed by atoms with Crippen molar-refractivity contribution in [2.24, 2.45) is 0 Å². The standard InChI is InChI=1S/C31H34O2/c1-31(2,3)28-19-22(24-14-8-10-16-26(24)30(28)33)17-21-18-27(20-11-5-4-6-12-20)29(32)25-15-9-7-13-23(21)25/h7-10,13-16,18-20,32-33H,4-6,11-12,17H2,1-3H3. The predicted octanol–water partition coefficient (Wildman–Crippen LogP) is 8.34. The fourth-order valence-electron chi connectivity index (χ4n) is 5.69. The molecule has 4 aromatic carbocycles. The maximum Gasteiger partial charge on any atom is 0.127 e. The molecule has 0 aliphatic heterocycles. The number of rotatable bonds is 3. The zero-order valence-corrected chi connectivity index (χ0v) is 20.0. The summed E-state index contributed by atoms with van der Waals surface area (Å²) in [5.41, 5.74) is 4.40. The Morgan fingerprint density at radius 3 is 1.79 bits per heavy atom. The van der Waals surface area contributed by atoms with Gasteiger partial charge in [0.05, 0.1) is 0 Å². The first kappa shape index (κ1) is 21.8. The highest BCUT2D eigenvalue weighted by atomic mass is 16.3. The van der Waals surface area contributed by atoms with Crippen LogP contribution in [0.25, 0.3) is 21.5 Å². The first-order valence-corrected chi connectivity index (χ1v) is 12.3. The monoisotopic (exact) mass is 438 g/mol. The van der Waals surface area contributed by atoms with Crippen LogP contribution in [0.1, 0.15) is 81.0 Å². The van der Waals surface area contributed by atoms with Gasteiger partial charge in [0.2, 0.25) is 0 Å². The third kappa shape index (κ3) is 3.97. The highest BCUT2D eigenvalue weighted by molar-refractivity contribution is 5.95. The van der Waals surface area contributed by atoms with Crippen molar-refractivity contribution in [1.82, 2.24) is 0 Å². The van der Waals surface area contributed by atoms with E-state index in [9.17, 15) is 10.2 Å². The van der Waals surface area contributed by atoms with Crippen LogP contribution in [0, 0.1) is 0 Å². The number of hydrogen-bond acceptors (Lipinski definition) is 2. The van der Waals surface area contributed by atoms with Gasteiger partial charge in [-0.05, 0) is 58.1 Å². The molecule has 0 spiro atoms. The Bertz CT molecular complexity index is 1320. The van der Waals surface area contributed by atoms with Gasteiger partial charge in [0, 0.05) is 16.3 Å². The molecule has 1 saturated carbocycles. The molecule has 170 valence electrons. The molecular weight excluding hydrogens is 404 g/mol. The summed E-state index contributed by atoms with van der Waals surface area (Å²) in [6, 6.07) is 20.9. The molecular formula is C31H34O2. The molecule has 2 N–H and O–H groups in total. The van der Waals surface area contributed by atoms with Crippen LogP contribution in [-0.4, -0.2) is 10.2 Å². The largest absolute Gasteiger partial charge is 0.507 e. The van der Waals surface area contributed by atoms with Crippen LogP contribution in [0.4, 0.5) is 0 Å². The average Bonchev–Trinajstić information content (AvgIpc) is 2.82. The molecule has 0 saturated heterocycles. The minimum atomic E-state index is -0.160. The summed E-state index contributed by atoms with van der Waals surface area (Å²) in [5, 5.41) is 26.4. The summed E-state index contributed by atoms with van der Waals surface area (Å²) in [4.78, 5) is 0. The maximum atomic E-state index is 11.2. The smallest absolute Gasteiger partial charge is 0.127 e. The van der Waals surface area contributed by atoms with Crippen molar-refractivity contribution in [2.45, 2.75) is 70.6 Å². The SMILES string of the molecule is CC(C)(C)c1cc(Cc2cc(C3CCCCC3)c(O)c3ccccc23)c2ccccc2c1O. The molecule has 0 heterocycles. The van der Waals surface area contributed by atoms with E-state index < -0.39 is 0 Å². The lowest BCUT2D eigenvalue weighted by Crippen LogP contribution is -2.12. The van der Waals surface area contributed by atoms with Crippen molar-refractivity contribution in [2.75, 3.05) is 0 Å². The fourth-order valence-corrected chi connectivity index (χ4v) is 5.69. The normalized spacial score (nSPS) is 15.4. The topological polar surface area (TPSA) is 40.5 Å². The van der Waals surface area contributed by atoms with Crippen molar-refractivity contribution in [3.63, 3.8) is 0 Å². The molecule has 0 atom stereocenters. The maximum absolute atomic E-state index is 11.2. The Morgan fingerprint density at radius 2 is 1.21 bits per heavy atom. The quantitative estimate of drug-likeness (QED) is 0.337. The summed E-state index contributed by atoms with van der Waals surface area (Å²) in [7, 11) is 0. The number of phenols is 2. The Hall–Kier alpha value is -3.00. The van der Waals surface area contributed by atoms with Crippen LogP contribution >= 0.6 is 0 Å². The van der Waals surface area contributed by atoms with Gasteiger partial charge < -0.3 is 10.2 Å². The van der Waals surface area contributed by atoms with E-state index in [1.54, 1.807) is 0 Å². The van der Waals surface area contributed by atoms with Crippen molar-refractivity contribution in [3.05, 3.63) is 82.9 Å². The average molecular weight is 439 g/mol. The number of fused-ring (bicyclic) bond motifs is 2. The molecule has 0 amide bonds. The molecule has 1 aliphatic carbocycles. The summed E-state index contributed by atoms with van der Waals surface area (Å²) >= 11 is 0. The molecule has 33 heavy (non-hydrogen) atoms. The molecule has 0 radical (unpaired) electrons. The van der Waals surface area contributed by atoms with Crippen molar-refractivity contribution in [1.29, 1.82) is 0 Å². The lowest BCUT2D eigenvalue weighted by atomic mass is 9.80. The Balaban J connectivity index is 1.71. The zero-order chi connectivity index (χ0) is 23.2. The van der Waals surface area contributed by atoms with Crippen molar-refractivity contribution >= 4 is 21.5 Å².